The minimum atomic E-state index is 0.197. The molecule has 2 heterocycles. The Morgan fingerprint density at radius 1 is 1.33 bits per heavy atom. The highest BCUT2D eigenvalue weighted by molar-refractivity contribution is 5.47. The quantitative estimate of drug-likeness (QED) is 0.878. The standard InChI is InChI=1S/C12H19N5O/c1-5-9(6-2)18-11-8(3)7-10-14-15-12(13-4)17(10)16-11/h7,9H,5-6H2,1-4H3,(H,13,15). The number of hydrogen-bond donors (Lipinski definition) is 1. The molecule has 98 valence electrons. The van der Waals surface area contributed by atoms with Crippen molar-refractivity contribution in [1.82, 2.24) is 19.8 Å². The fourth-order valence-electron chi connectivity index (χ4n) is 1.79. The van der Waals surface area contributed by atoms with Crippen molar-refractivity contribution in [3.8, 4) is 5.88 Å². The topological polar surface area (TPSA) is 64.3 Å². The van der Waals surface area contributed by atoms with Crippen LogP contribution in [0, 0.1) is 6.92 Å². The van der Waals surface area contributed by atoms with Crippen LogP contribution in [0.25, 0.3) is 5.65 Å². The summed E-state index contributed by atoms with van der Waals surface area (Å²) in [5, 5.41) is 15.4. The van der Waals surface area contributed by atoms with E-state index >= 15 is 0 Å². The number of hydrogen-bond acceptors (Lipinski definition) is 5. The third-order valence-corrected chi connectivity index (χ3v) is 2.95. The summed E-state index contributed by atoms with van der Waals surface area (Å²) < 4.78 is 7.56. The molecular formula is C12H19N5O. The van der Waals surface area contributed by atoms with E-state index in [-0.39, 0.29) is 6.10 Å². The highest BCUT2D eigenvalue weighted by Gasteiger charge is 2.13. The first-order valence-corrected chi connectivity index (χ1v) is 6.27. The number of nitrogens with one attached hydrogen (secondary N) is 1. The molecule has 0 radical (unpaired) electrons. The summed E-state index contributed by atoms with van der Waals surface area (Å²) in [7, 11) is 1.79. The molecular weight excluding hydrogens is 230 g/mol. The number of nitrogens with zero attached hydrogens (tertiary/aromatic N) is 4. The molecule has 0 saturated heterocycles. The minimum absolute atomic E-state index is 0.197. The van der Waals surface area contributed by atoms with E-state index in [1.807, 2.05) is 13.0 Å². The summed E-state index contributed by atoms with van der Waals surface area (Å²) in [5.41, 5.74) is 1.69. The largest absolute Gasteiger partial charge is 0.473 e. The zero-order chi connectivity index (χ0) is 13.1. The minimum Gasteiger partial charge on any atom is -0.473 e. The van der Waals surface area contributed by atoms with Crippen LogP contribution in [0.4, 0.5) is 5.95 Å². The van der Waals surface area contributed by atoms with Gasteiger partial charge in [-0.25, -0.2) is 0 Å². The SMILES string of the molecule is CCC(CC)Oc1nn2c(NC)nnc2cc1C. The smallest absolute Gasteiger partial charge is 0.245 e. The van der Waals surface area contributed by atoms with Crippen LogP contribution in [0.1, 0.15) is 32.3 Å². The van der Waals surface area contributed by atoms with Gasteiger partial charge in [0.15, 0.2) is 5.65 Å². The molecule has 0 unspecified atom stereocenters. The monoisotopic (exact) mass is 249 g/mol. The number of fused-ring (bicyclic) bond motifs is 1. The van der Waals surface area contributed by atoms with Crippen molar-refractivity contribution in [3.05, 3.63) is 11.6 Å². The summed E-state index contributed by atoms with van der Waals surface area (Å²) in [4.78, 5) is 0. The molecule has 2 rings (SSSR count). The van der Waals surface area contributed by atoms with Crippen molar-refractivity contribution in [3.63, 3.8) is 0 Å². The molecule has 1 N–H and O–H groups in total. The van der Waals surface area contributed by atoms with Crippen LogP contribution in [0.3, 0.4) is 0 Å². The van der Waals surface area contributed by atoms with Gasteiger partial charge in [0.25, 0.3) is 0 Å². The molecule has 18 heavy (non-hydrogen) atoms. The lowest BCUT2D eigenvalue weighted by Crippen LogP contribution is -2.16. The molecule has 0 bridgehead atoms. The van der Waals surface area contributed by atoms with Gasteiger partial charge in [0.2, 0.25) is 11.8 Å². The van der Waals surface area contributed by atoms with Crippen molar-refractivity contribution in [2.45, 2.75) is 39.7 Å². The van der Waals surface area contributed by atoms with Crippen LogP contribution < -0.4 is 10.1 Å². The van der Waals surface area contributed by atoms with Gasteiger partial charge in [-0.3, -0.25) is 0 Å². The maximum atomic E-state index is 5.91. The van der Waals surface area contributed by atoms with E-state index in [4.69, 9.17) is 4.74 Å². The number of anilines is 1. The fourth-order valence-corrected chi connectivity index (χ4v) is 1.79. The van der Waals surface area contributed by atoms with Crippen LogP contribution in [-0.4, -0.2) is 33.0 Å². The Morgan fingerprint density at radius 2 is 2.06 bits per heavy atom. The normalized spacial score (nSPS) is 11.2. The highest BCUT2D eigenvalue weighted by Crippen LogP contribution is 2.20. The van der Waals surface area contributed by atoms with Gasteiger partial charge in [0.05, 0.1) is 6.10 Å². The molecule has 0 aromatic carbocycles. The number of aromatic nitrogens is 4. The van der Waals surface area contributed by atoms with Crippen LogP contribution in [-0.2, 0) is 0 Å². The predicted octanol–water partition coefficient (Wildman–Crippen LogP) is 2.04. The second kappa shape index (κ2) is 5.20. The highest BCUT2D eigenvalue weighted by atomic mass is 16.5. The van der Waals surface area contributed by atoms with Gasteiger partial charge >= 0.3 is 0 Å². The molecule has 6 nitrogen and oxygen atoms in total. The Morgan fingerprint density at radius 3 is 2.67 bits per heavy atom. The van der Waals surface area contributed by atoms with E-state index in [0.29, 0.717) is 17.5 Å². The van der Waals surface area contributed by atoms with E-state index in [0.717, 1.165) is 18.4 Å². The van der Waals surface area contributed by atoms with Gasteiger partial charge in [-0.15, -0.1) is 15.3 Å². The Labute approximate surface area is 106 Å². The molecule has 0 fully saturated rings. The molecule has 0 atom stereocenters. The van der Waals surface area contributed by atoms with Gasteiger partial charge in [-0.1, -0.05) is 13.8 Å². The van der Waals surface area contributed by atoms with Crippen molar-refractivity contribution in [2.24, 2.45) is 0 Å². The van der Waals surface area contributed by atoms with Crippen molar-refractivity contribution >= 4 is 11.6 Å². The first kappa shape index (κ1) is 12.6. The Bertz CT molecular complexity index is 532. The molecule has 2 aromatic heterocycles. The zero-order valence-electron chi connectivity index (χ0n) is 11.3. The second-order valence-electron chi connectivity index (χ2n) is 4.23. The van der Waals surface area contributed by atoms with Gasteiger partial charge < -0.3 is 10.1 Å². The van der Waals surface area contributed by atoms with E-state index in [1.165, 1.54) is 0 Å². The lowest BCUT2D eigenvalue weighted by Gasteiger charge is -2.16. The zero-order valence-corrected chi connectivity index (χ0v) is 11.3. The molecule has 0 aliphatic heterocycles. The van der Waals surface area contributed by atoms with Crippen molar-refractivity contribution in [1.29, 1.82) is 0 Å². The molecule has 0 amide bonds. The van der Waals surface area contributed by atoms with E-state index in [1.54, 1.807) is 11.6 Å². The number of rotatable bonds is 5. The van der Waals surface area contributed by atoms with Gasteiger partial charge in [-0.2, -0.15) is 4.52 Å². The van der Waals surface area contributed by atoms with Crippen molar-refractivity contribution < 1.29 is 4.74 Å². The summed E-state index contributed by atoms with van der Waals surface area (Å²) in [6.45, 7) is 6.19. The van der Waals surface area contributed by atoms with E-state index in [9.17, 15) is 0 Å². The fraction of sp³-hybridized carbons (Fsp3) is 0.583. The predicted molar refractivity (Wildman–Crippen MR) is 70.1 cm³/mol. The molecule has 0 aliphatic rings. The third-order valence-electron chi connectivity index (χ3n) is 2.95. The van der Waals surface area contributed by atoms with Crippen LogP contribution in [0.2, 0.25) is 0 Å². The average Bonchev–Trinajstić information content (AvgIpc) is 2.77. The third kappa shape index (κ3) is 2.23. The lowest BCUT2D eigenvalue weighted by molar-refractivity contribution is 0.181. The average molecular weight is 249 g/mol. The maximum Gasteiger partial charge on any atom is 0.245 e. The Balaban J connectivity index is 2.40. The lowest BCUT2D eigenvalue weighted by atomic mass is 10.2. The Kier molecular flexibility index (Phi) is 3.64. The summed E-state index contributed by atoms with van der Waals surface area (Å²) in [6.07, 6.45) is 2.14. The van der Waals surface area contributed by atoms with E-state index in [2.05, 4.69) is 34.5 Å². The molecule has 0 aliphatic carbocycles. The molecule has 2 aromatic rings. The van der Waals surface area contributed by atoms with Crippen molar-refractivity contribution in [2.75, 3.05) is 12.4 Å². The molecule has 0 saturated carbocycles. The summed E-state index contributed by atoms with van der Waals surface area (Å²) in [6, 6.07) is 1.93. The summed E-state index contributed by atoms with van der Waals surface area (Å²) in [5.74, 6) is 1.26. The first-order valence-electron chi connectivity index (χ1n) is 6.27. The second-order valence-corrected chi connectivity index (χ2v) is 4.23. The molecule has 0 spiro atoms. The Hall–Kier alpha value is -1.85. The van der Waals surface area contributed by atoms with Gasteiger partial charge in [0, 0.05) is 12.6 Å². The maximum absolute atomic E-state index is 5.91. The van der Waals surface area contributed by atoms with E-state index < -0.39 is 0 Å². The molecule has 6 heteroatoms. The number of aryl methyl sites for hydroxylation is 1. The van der Waals surface area contributed by atoms with Crippen LogP contribution >= 0.6 is 0 Å². The van der Waals surface area contributed by atoms with Crippen LogP contribution in [0.5, 0.6) is 5.88 Å². The van der Waals surface area contributed by atoms with Crippen LogP contribution in [0.15, 0.2) is 6.07 Å². The van der Waals surface area contributed by atoms with Gasteiger partial charge in [-0.05, 0) is 25.8 Å². The first-order chi connectivity index (χ1) is 8.69. The number of ether oxygens (including phenoxy) is 1. The van der Waals surface area contributed by atoms with Gasteiger partial charge in [0.1, 0.15) is 0 Å². The summed E-state index contributed by atoms with van der Waals surface area (Å²) >= 11 is 0.